The molecule has 0 fully saturated rings. The fourth-order valence-corrected chi connectivity index (χ4v) is 1.37. The standard InChI is InChI=1S/C10H11BrF2O/c11-6-1-2-7-14-9-5-3-4-8(12)10(9)13/h3-5H,1-2,6-7H2. The van der Waals surface area contributed by atoms with E-state index in [0.717, 1.165) is 24.2 Å². The highest BCUT2D eigenvalue weighted by Gasteiger charge is 2.07. The summed E-state index contributed by atoms with van der Waals surface area (Å²) >= 11 is 3.27. The third kappa shape index (κ3) is 3.25. The van der Waals surface area contributed by atoms with Crippen molar-refractivity contribution in [2.24, 2.45) is 0 Å². The Hall–Kier alpha value is -0.640. The lowest BCUT2D eigenvalue weighted by Gasteiger charge is -2.06. The van der Waals surface area contributed by atoms with Crippen LogP contribution in [0.3, 0.4) is 0 Å². The normalized spacial score (nSPS) is 10.2. The molecule has 0 heterocycles. The molecule has 0 saturated heterocycles. The Kier molecular flexibility index (Phi) is 4.87. The second kappa shape index (κ2) is 5.96. The summed E-state index contributed by atoms with van der Waals surface area (Å²) in [6.07, 6.45) is 1.78. The number of hydrogen-bond donors (Lipinski definition) is 0. The first-order valence-electron chi connectivity index (χ1n) is 4.38. The lowest BCUT2D eigenvalue weighted by molar-refractivity contribution is 0.289. The van der Waals surface area contributed by atoms with Crippen molar-refractivity contribution in [3.63, 3.8) is 0 Å². The van der Waals surface area contributed by atoms with Crippen LogP contribution in [0.1, 0.15) is 12.8 Å². The number of unbranched alkanes of at least 4 members (excludes halogenated alkanes) is 1. The van der Waals surface area contributed by atoms with Gasteiger partial charge in [0, 0.05) is 5.33 Å². The van der Waals surface area contributed by atoms with E-state index in [9.17, 15) is 8.78 Å². The van der Waals surface area contributed by atoms with Gasteiger partial charge >= 0.3 is 0 Å². The van der Waals surface area contributed by atoms with Crippen LogP contribution in [0.4, 0.5) is 8.78 Å². The molecular formula is C10H11BrF2O. The van der Waals surface area contributed by atoms with Gasteiger partial charge in [0.1, 0.15) is 0 Å². The number of rotatable bonds is 5. The first-order chi connectivity index (χ1) is 6.75. The average Bonchev–Trinajstić information content (AvgIpc) is 2.19. The molecule has 1 aromatic carbocycles. The second-order valence-electron chi connectivity index (χ2n) is 2.80. The second-order valence-corrected chi connectivity index (χ2v) is 3.59. The molecule has 0 atom stereocenters. The Morgan fingerprint density at radius 2 is 2.00 bits per heavy atom. The Morgan fingerprint density at radius 3 is 2.71 bits per heavy atom. The summed E-state index contributed by atoms with van der Waals surface area (Å²) in [5, 5.41) is 0.891. The maximum absolute atomic E-state index is 13.0. The van der Waals surface area contributed by atoms with Gasteiger partial charge in [0.05, 0.1) is 6.61 Å². The predicted molar refractivity (Wildman–Crippen MR) is 54.9 cm³/mol. The largest absolute Gasteiger partial charge is 0.490 e. The molecule has 0 radical (unpaired) electrons. The van der Waals surface area contributed by atoms with E-state index >= 15 is 0 Å². The summed E-state index contributed by atoms with van der Waals surface area (Å²) in [4.78, 5) is 0. The highest BCUT2D eigenvalue weighted by Crippen LogP contribution is 2.19. The monoisotopic (exact) mass is 264 g/mol. The molecule has 78 valence electrons. The van der Waals surface area contributed by atoms with Crippen molar-refractivity contribution in [1.82, 2.24) is 0 Å². The van der Waals surface area contributed by atoms with Crippen LogP contribution < -0.4 is 4.74 Å². The molecule has 0 N–H and O–H groups in total. The molecule has 1 rings (SSSR count). The third-order valence-corrected chi connectivity index (χ3v) is 2.26. The van der Waals surface area contributed by atoms with Crippen LogP contribution >= 0.6 is 15.9 Å². The van der Waals surface area contributed by atoms with Gasteiger partial charge in [0.2, 0.25) is 5.82 Å². The van der Waals surface area contributed by atoms with E-state index in [1.807, 2.05) is 0 Å². The van der Waals surface area contributed by atoms with E-state index in [4.69, 9.17) is 4.74 Å². The number of hydrogen-bond acceptors (Lipinski definition) is 1. The SMILES string of the molecule is Fc1cccc(OCCCCBr)c1F. The van der Waals surface area contributed by atoms with Gasteiger partial charge in [0.15, 0.2) is 11.6 Å². The summed E-state index contributed by atoms with van der Waals surface area (Å²) in [5.74, 6) is -1.80. The van der Waals surface area contributed by atoms with Crippen LogP contribution in [0.15, 0.2) is 18.2 Å². The number of ether oxygens (including phenoxy) is 1. The molecule has 14 heavy (non-hydrogen) atoms. The maximum atomic E-state index is 13.0. The Bertz CT molecular complexity index is 291. The summed E-state index contributed by atoms with van der Waals surface area (Å²) in [5.41, 5.74) is 0. The van der Waals surface area contributed by atoms with Crippen molar-refractivity contribution >= 4 is 15.9 Å². The molecule has 0 saturated carbocycles. The van der Waals surface area contributed by atoms with E-state index in [2.05, 4.69) is 15.9 Å². The van der Waals surface area contributed by atoms with Gasteiger partial charge in [-0.15, -0.1) is 0 Å². The topological polar surface area (TPSA) is 9.23 Å². The van der Waals surface area contributed by atoms with Crippen molar-refractivity contribution < 1.29 is 13.5 Å². The summed E-state index contributed by atoms with van der Waals surface area (Å²) < 4.78 is 30.8. The molecule has 0 spiro atoms. The number of alkyl halides is 1. The smallest absolute Gasteiger partial charge is 0.200 e. The molecule has 0 bridgehead atoms. The van der Waals surface area contributed by atoms with Gasteiger partial charge in [-0.1, -0.05) is 22.0 Å². The molecule has 0 aromatic heterocycles. The van der Waals surface area contributed by atoms with Crippen molar-refractivity contribution in [2.45, 2.75) is 12.8 Å². The predicted octanol–water partition coefficient (Wildman–Crippen LogP) is 3.52. The van der Waals surface area contributed by atoms with Gasteiger partial charge in [-0.3, -0.25) is 0 Å². The number of benzene rings is 1. The van der Waals surface area contributed by atoms with E-state index < -0.39 is 11.6 Å². The highest BCUT2D eigenvalue weighted by atomic mass is 79.9. The quantitative estimate of drug-likeness (QED) is 0.584. The van der Waals surface area contributed by atoms with Gasteiger partial charge in [-0.25, -0.2) is 4.39 Å². The van der Waals surface area contributed by atoms with E-state index in [-0.39, 0.29) is 5.75 Å². The van der Waals surface area contributed by atoms with Gasteiger partial charge in [-0.05, 0) is 25.0 Å². The van der Waals surface area contributed by atoms with Crippen LogP contribution in [0.25, 0.3) is 0 Å². The fourth-order valence-electron chi connectivity index (χ4n) is 0.974. The van der Waals surface area contributed by atoms with Crippen LogP contribution in [0.5, 0.6) is 5.75 Å². The molecule has 0 unspecified atom stereocenters. The zero-order chi connectivity index (χ0) is 10.4. The molecule has 0 amide bonds. The van der Waals surface area contributed by atoms with E-state index in [1.54, 1.807) is 0 Å². The first kappa shape index (κ1) is 11.4. The van der Waals surface area contributed by atoms with Crippen LogP contribution in [0, 0.1) is 11.6 Å². The minimum absolute atomic E-state index is 0.0143. The maximum Gasteiger partial charge on any atom is 0.200 e. The van der Waals surface area contributed by atoms with Crippen molar-refractivity contribution in [2.75, 3.05) is 11.9 Å². The lowest BCUT2D eigenvalue weighted by atomic mass is 10.3. The van der Waals surface area contributed by atoms with E-state index in [1.165, 1.54) is 12.1 Å². The molecule has 1 nitrogen and oxygen atoms in total. The first-order valence-corrected chi connectivity index (χ1v) is 5.50. The fraction of sp³-hybridized carbons (Fsp3) is 0.400. The zero-order valence-electron chi connectivity index (χ0n) is 7.60. The van der Waals surface area contributed by atoms with Gasteiger partial charge < -0.3 is 4.74 Å². The summed E-state index contributed by atoms with van der Waals surface area (Å²) in [6.45, 7) is 0.409. The van der Waals surface area contributed by atoms with Crippen LogP contribution in [-0.2, 0) is 0 Å². The zero-order valence-corrected chi connectivity index (χ0v) is 9.19. The van der Waals surface area contributed by atoms with Crippen molar-refractivity contribution in [3.05, 3.63) is 29.8 Å². The Labute approximate surface area is 90.2 Å². The van der Waals surface area contributed by atoms with Crippen LogP contribution in [-0.4, -0.2) is 11.9 Å². The molecule has 0 aliphatic rings. The highest BCUT2D eigenvalue weighted by molar-refractivity contribution is 9.09. The molecular weight excluding hydrogens is 254 g/mol. The van der Waals surface area contributed by atoms with Crippen molar-refractivity contribution in [1.29, 1.82) is 0 Å². The number of halogens is 3. The minimum atomic E-state index is -0.911. The average molecular weight is 265 g/mol. The summed E-state index contributed by atoms with van der Waals surface area (Å²) in [7, 11) is 0. The van der Waals surface area contributed by atoms with E-state index in [0.29, 0.717) is 6.61 Å². The van der Waals surface area contributed by atoms with Gasteiger partial charge in [0.25, 0.3) is 0 Å². The van der Waals surface area contributed by atoms with Crippen LogP contribution in [0.2, 0.25) is 0 Å². The molecule has 0 aliphatic heterocycles. The molecule has 0 aliphatic carbocycles. The minimum Gasteiger partial charge on any atom is -0.490 e. The Balaban J connectivity index is 2.46. The Morgan fingerprint density at radius 1 is 1.21 bits per heavy atom. The third-order valence-electron chi connectivity index (χ3n) is 1.70. The van der Waals surface area contributed by atoms with Gasteiger partial charge in [-0.2, -0.15) is 4.39 Å². The lowest BCUT2D eigenvalue weighted by Crippen LogP contribution is -2.00. The molecule has 4 heteroatoms. The molecule has 1 aromatic rings. The van der Waals surface area contributed by atoms with Crippen molar-refractivity contribution in [3.8, 4) is 5.75 Å². The summed E-state index contributed by atoms with van der Waals surface area (Å²) in [6, 6.07) is 3.92.